The second kappa shape index (κ2) is 12.7. The quantitative estimate of drug-likeness (QED) is 0.282. The van der Waals surface area contributed by atoms with Gasteiger partial charge in [-0.2, -0.15) is 0 Å². The molecule has 8 heteroatoms. The summed E-state index contributed by atoms with van der Waals surface area (Å²) >= 11 is 0. The van der Waals surface area contributed by atoms with Crippen molar-refractivity contribution in [2.24, 2.45) is 10.4 Å². The van der Waals surface area contributed by atoms with E-state index in [1.807, 2.05) is 13.8 Å². The lowest BCUT2D eigenvalue weighted by molar-refractivity contribution is -0.128. The van der Waals surface area contributed by atoms with Gasteiger partial charge in [-0.25, -0.2) is 0 Å². The molecule has 1 saturated heterocycles. The zero-order valence-corrected chi connectivity index (χ0v) is 18.7. The van der Waals surface area contributed by atoms with E-state index in [1.54, 1.807) is 14.2 Å². The highest BCUT2D eigenvalue weighted by Gasteiger charge is 2.26. The molecule has 7 nitrogen and oxygen atoms in total. The first kappa shape index (κ1) is 24.4. The average Bonchev–Trinajstić information content (AvgIpc) is 2.58. The van der Waals surface area contributed by atoms with Gasteiger partial charge >= 0.3 is 0 Å². The van der Waals surface area contributed by atoms with Crippen molar-refractivity contribution in [3.05, 3.63) is 0 Å². The Morgan fingerprint density at radius 2 is 1.96 bits per heavy atom. The number of piperidine rings is 1. The molecule has 0 bridgehead atoms. The summed E-state index contributed by atoms with van der Waals surface area (Å²) in [5.74, 6) is 0.804. The summed E-state index contributed by atoms with van der Waals surface area (Å²) in [6, 6.07) is 0.421. The van der Waals surface area contributed by atoms with E-state index < -0.39 is 5.41 Å². The van der Waals surface area contributed by atoms with Crippen LogP contribution in [0, 0.1) is 5.41 Å². The highest BCUT2D eigenvalue weighted by atomic mass is 127. The fraction of sp³-hybridized carbons (Fsp3) is 0.882. The number of guanidine groups is 1. The molecule has 0 spiro atoms. The van der Waals surface area contributed by atoms with E-state index in [1.165, 1.54) is 0 Å². The molecule has 3 N–H and O–H groups in total. The van der Waals surface area contributed by atoms with Gasteiger partial charge in [0.1, 0.15) is 0 Å². The van der Waals surface area contributed by atoms with Gasteiger partial charge in [0, 0.05) is 46.4 Å². The molecule has 1 aliphatic heterocycles. The van der Waals surface area contributed by atoms with Gasteiger partial charge in [-0.1, -0.05) is 0 Å². The van der Waals surface area contributed by atoms with Crippen LogP contribution in [0.15, 0.2) is 4.99 Å². The van der Waals surface area contributed by atoms with Crippen molar-refractivity contribution in [3.8, 4) is 0 Å². The predicted molar refractivity (Wildman–Crippen MR) is 114 cm³/mol. The number of nitrogens with one attached hydrogen (secondary N) is 3. The van der Waals surface area contributed by atoms with E-state index in [-0.39, 0.29) is 29.9 Å². The summed E-state index contributed by atoms with van der Waals surface area (Å²) < 4.78 is 5.14. The highest BCUT2D eigenvalue weighted by Crippen LogP contribution is 2.15. The van der Waals surface area contributed by atoms with Gasteiger partial charge in [0.2, 0.25) is 5.91 Å². The maximum absolute atomic E-state index is 11.9. The number of ether oxygens (including phenoxy) is 1. The number of amides is 1. The third-order valence-corrected chi connectivity index (χ3v) is 4.36. The van der Waals surface area contributed by atoms with E-state index in [0.29, 0.717) is 12.6 Å². The Hall–Kier alpha value is -0.610. The molecule has 1 heterocycles. The standard InChI is InChI=1S/C17H35N5O2.HI/c1-6-19-16(20-13-17(2,3)15(23)18-4)21-14-7-9-22(10-8-14)11-12-24-5;/h14H,6-13H2,1-5H3,(H,18,23)(H2,19,20,21);1H. The number of carbonyl (C=O) groups excluding carboxylic acids is 1. The Kier molecular flexibility index (Phi) is 12.4. The van der Waals surface area contributed by atoms with Gasteiger partial charge in [-0.15, -0.1) is 24.0 Å². The molecule has 1 aliphatic rings. The van der Waals surface area contributed by atoms with E-state index in [9.17, 15) is 4.79 Å². The monoisotopic (exact) mass is 469 g/mol. The fourth-order valence-corrected chi connectivity index (χ4v) is 2.72. The molecule has 0 aromatic rings. The van der Waals surface area contributed by atoms with Gasteiger partial charge in [0.25, 0.3) is 0 Å². The van der Waals surface area contributed by atoms with Crippen LogP contribution in [0.4, 0.5) is 0 Å². The van der Waals surface area contributed by atoms with Crippen molar-refractivity contribution >= 4 is 35.8 Å². The first-order valence-electron chi connectivity index (χ1n) is 8.91. The van der Waals surface area contributed by atoms with Crippen molar-refractivity contribution in [2.45, 2.75) is 39.7 Å². The number of rotatable bonds is 8. The summed E-state index contributed by atoms with van der Waals surface area (Å²) in [4.78, 5) is 18.9. The zero-order valence-electron chi connectivity index (χ0n) is 16.4. The van der Waals surface area contributed by atoms with Gasteiger partial charge < -0.3 is 25.6 Å². The Morgan fingerprint density at radius 1 is 1.32 bits per heavy atom. The first-order valence-corrected chi connectivity index (χ1v) is 8.91. The number of likely N-dealkylation sites (tertiary alicyclic amines) is 1. The second-order valence-corrected chi connectivity index (χ2v) is 6.91. The molecule has 0 aromatic carbocycles. The van der Waals surface area contributed by atoms with Crippen molar-refractivity contribution < 1.29 is 9.53 Å². The molecule has 148 valence electrons. The van der Waals surface area contributed by atoms with Gasteiger partial charge in [0.15, 0.2) is 5.96 Å². The molecular weight excluding hydrogens is 433 g/mol. The molecule has 1 rings (SSSR count). The summed E-state index contributed by atoms with van der Waals surface area (Å²) in [5, 5.41) is 9.49. The van der Waals surface area contributed by atoms with Crippen LogP contribution < -0.4 is 16.0 Å². The Bertz CT molecular complexity index is 410. The fourth-order valence-electron chi connectivity index (χ4n) is 2.72. The number of methoxy groups -OCH3 is 1. The molecule has 0 atom stereocenters. The van der Waals surface area contributed by atoms with Crippen LogP contribution >= 0.6 is 24.0 Å². The number of aliphatic imine (C=N–C) groups is 1. The van der Waals surface area contributed by atoms with Gasteiger partial charge in [0.05, 0.1) is 18.6 Å². The molecule has 0 aliphatic carbocycles. The molecule has 25 heavy (non-hydrogen) atoms. The van der Waals surface area contributed by atoms with Crippen molar-refractivity contribution in [2.75, 3.05) is 53.5 Å². The summed E-state index contributed by atoms with van der Waals surface area (Å²) in [5.41, 5.74) is -0.513. The Morgan fingerprint density at radius 3 is 2.48 bits per heavy atom. The van der Waals surface area contributed by atoms with Crippen LogP contribution in [0.3, 0.4) is 0 Å². The third-order valence-electron chi connectivity index (χ3n) is 4.36. The Labute approximate surface area is 169 Å². The lowest BCUT2D eigenvalue weighted by atomic mass is 9.93. The lowest BCUT2D eigenvalue weighted by Crippen LogP contribution is -2.49. The SMILES string of the molecule is CCNC(=NCC(C)(C)C(=O)NC)NC1CCN(CCOC)CC1.I. The van der Waals surface area contributed by atoms with Crippen LogP contribution in [0.5, 0.6) is 0 Å². The van der Waals surface area contributed by atoms with Crippen LogP contribution in [-0.2, 0) is 9.53 Å². The minimum absolute atomic E-state index is 0. The van der Waals surface area contributed by atoms with Crippen molar-refractivity contribution in [1.29, 1.82) is 0 Å². The smallest absolute Gasteiger partial charge is 0.227 e. The van der Waals surface area contributed by atoms with Crippen LogP contribution in [0.2, 0.25) is 0 Å². The summed E-state index contributed by atoms with van der Waals surface area (Å²) in [6.07, 6.45) is 2.18. The first-order chi connectivity index (χ1) is 11.4. The molecule has 1 amide bonds. The lowest BCUT2D eigenvalue weighted by Gasteiger charge is -2.33. The van der Waals surface area contributed by atoms with Crippen molar-refractivity contribution in [1.82, 2.24) is 20.9 Å². The number of carbonyl (C=O) groups is 1. The molecule has 0 aromatic heterocycles. The Balaban J connectivity index is 0.00000576. The third kappa shape index (κ3) is 9.05. The molecule has 0 unspecified atom stereocenters. The van der Waals surface area contributed by atoms with Gasteiger partial charge in [-0.05, 0) is 33.6 Å². The maximum Gasteiger partial charge on any atom is 0.227 e. The molecular formula is C17H36IN5O2. The average molecular weight is 469 g/mol. The number of hydrogen-bond donors (Lipinski definition) is 3. The van der Waals surface area contributed by atoms with Crippen molar-refractivity contribution in [3.63, 3.8) is 0 Å². The van der Waals surface area contributed by atoms with E-state index >= 15 is 0 Å². The number of halogens is 1. The normalized spacial score (nSPS) is 16.9. The number of nitrogens with zero attached hydrogens (tertiary/aromatic N) is 2. The topological polar surface area (TPSA) is 78.0 Å². The van der Waals surface area contributed by atoms with Crippen LogP contribution in [0.25, 0.3) is 0 Å². The largest absolute Gasteiger partial charge is 0.383 e. The summed E-state index contributed by atoms with van der Waals surface area (Å²) in [7, 11) is 3.41. The minimum Gasteiger partial charge on any atom is -0.383 e. The van der Waals surface area contributed by atoms with E-state index in [2.05, 4.69) is 32.8 Å². The predicted octanol–water partition coefficient (Wildman–Crippen LogP) is 1.04. The summed E-state index contributed by atoms with van der Waals surface area (Å²) in [6.45, 7) is 11.1. The number of hydrogen-bond acceptors (Lipinski definition) is 4. The van der Waals surface area contributed by atoms with E-state index in [4.69, 9.17) is 4.74 Å². The van der Waals surface area contributed by atoms with E-state index in [0.717, 1.165) is 51.6 Å². The molecule has 0 saturated carbocycles. The molecule has 0 radical (unpaired) electrons. The van der Waals surface area contributed by atoms with Gasteiger partial charge in [-0.3, -0.25) is 9.79 Å². The van der Waals surface area contributed by atoms with Crippen LogP contribution in [0.1, 0.15) is 33.6 Å². The second-order valence-electron chi connectivity index (χ2n) is 6.91. The molecule has 1 fully saturated rings. The van der Waals surface area contributed by atoms with Crippen LogP contribution in [-0.4, -0.2) is 76.3 Å². The highest BCUT2D eigenvalue weighted by molar-refractivity contribution is 14.0. The minimum atomic E-state index is -0.513. The zero-order chi connectivity index (χ0) is 18.0. The maximum atomic E-state index is 11.9.